The van der Waals surface area contributed by atoms with Gasteiger partial charge in [-0.25, -0.2) is 0 Å². The molecule has 1 aliphatic rings. The zero-order valence-corrected chi connectivity index (χ0v) is 8.52. The summed E-state index contributed by atoms with van der Waals surface area (Å²) in [6.45, 7) is 2.27. The molecule has 6 heteroatoms. The van der Waals surface area contributed by atoms with E-state index in [9.17, 15) is 9.59 Å². The number of morpholine rings is 1. The molecule has 6 nitrogen and oxygen atoms in total. The van der Waals surface area contributed by atoms with Crippen LogP contribution in [0.15, 0.2) is 0 Å². The van der Waals surface area contributed by atoms with Crippen molar-refractivity contribution in [2.24, 2.45) is 5.73 Å². The van der Waals surface area contributed by atoms with E-state index in [4.69, 9.17) is 15.6 Å². The van der Waals surface area contributed by atoms with Crippen molar-refractivity contribution in [3.63, 3.8) is 0 Å². The highest BCUT2D eigenvalue weighted by Gasteiger charge is 2.19. The minimum absolute atomic E-state index is 0.0463. The maximum atomic E-state index is 11.5. The Balaban J connectivity index is 2.25. The number of hydrogen-bond acceptors (Lipinski definition) is 4. The van der Waals surface area contributed by atoms with E-state index in [0.717, 1.165) is 0 Å². The second kappa shape index (κ2) is 5.67. The predicted octanol–water partition coefficient (Wildman–Crippen LogP) is -0.963. The van der Waals surface area contributed by atoms with Gasteiger partial charge in [0.25, 0.3) is 0 Å². The lowest BCUT2D eigenvalue weighted by atomic mass is 10.1. The van der Waals surface area contributed by atoms with Gasteiger partial charge in [0, 0.05) is 19.5 Å². The lowest BCUT2D eigenvalue weighted by molar-refractivity contribution is -0.139. The van der Waals surface area contributed by atoms with Gasteiger partial charge in [0.05, 0.1) is 13.2 Å². The monoisotopic (exact) mass is 216 g/mol. The zero-order valence-electron chi connectivity index (χ0n) is 8.52. The summed E-state index contributed by atoms with van der Waals surface area (Å²) in [6, 6.07) is -0.949. The van der Waals surface area contributed by atoms with Gasteiger partial charge >= 0.3 is 5.97 Å². The fraction of sp³-hybridized carbons (Fsp3) is 0.778. The average Bonchev–Trinajstić information content (AvgIpc) is 2.26. The van der Waals surface area contributed by atoms with Crippen molar-refractivity contribution >= 4 is 11.9 Å². The highest BCUT2D eigenvalue weighted by atomic mass is 16.5. The van der Waals surface area contributed by atoms with E-state index < -0.39 is 12.0 Å². The highest BCUT2D eigenvalue weighted by molar-refractivity contribution is 5.78. The molecular formula is C9H16N2O4. The van der Waals surface area contributed by atoms with Crippen LogP contribution in [-0.2, 0) is 14.3 Å². The summed E-state index contributed by atoms with van der Waals surface area (Å²) >= 11 is 0. The van der Waals surface area contributed by atoms with Crippen LogP contribution in [0, 0.1) is 0 Å². The van der Waals surface area contributed by atoms with Crippen LogP contribution in [0.25, 0.3) is 0 Å². The quantitative estimate of drug-likeness (QED) is 0.631. The molecule has 1 heterocycles. The van der Waals surface area contributed by atoms with Gasteiger partial charge in [0.2, 0.25) is 5.91 Å². The molecule has 1 saturated heterocycles. The Morgan fingerprint density at radius 1 is 1.40 bits per heavy atom. The van der Waals surface area contributed by atoms with Crippen LogP contribution >= 0.6 is 0 Å². The normalized spacial score (nSPS) is 18.6. The predicted molar refractivity (Wildman–Crippen MR) is 52.2 cm³/mol. The van der Waals surface area contributed by atoms with Crippen LogP contribution in [0.3, 0.4) is 0 Å². The molecule has 0 bridgehead atoms. The van der Waals surface area contributed by atoms with Gasteiger partial charge in [-0.2, -0.15) is 0 Å². The lowest BCUT2D eigenvalue weighted by Gasteiger charge is -2.27. The highest BCUT2D eigenvalue weighted by Crippen LogP contribution is 2.03. The summed E-state index contributed by atoms with van der Waals surface area (Å²) in [5, 5.41) is 8.54. The van der Waals surface area contributed by atoms with Crippen molar-refractivity contribution in [1.29, 1.82) is 0 Å². The molecule has 0 aromatic carbocycles. The molecule has 1 rings (SSSR count). The van der Waals surface area contributed by atoms with Crippen LogP contribution < -0.4 is 5.73 Å². The van der Waals surface area contributed by atoms with Gasteiger partial charge in [0.1, 0.15) is 6.04 Å². The Labute approximate surface area is 88.0 Å². The van der Waals surface area contributed by atoms with Gasteiger partial charge in [-0.05, 0) is 6.42 Å². The Morgan fingerprint density at radius 2 is 2.00 bits per heavy atom. The third-order valence-electron chi connectivity index (χ3n) is 2.35. The van der Waals surface area contributed by atoms with E-state index in [2.05, 4.69) is 0 Å². The number of ether oxygens (including phenoxy) is 1. The minimum atomic E-state index is -1.07. The largest absolute Gasteiger partial charge is 0.480 e. The van der Waals surface area contributed by atoms with Crippen LogP contribution in [0.1, 0.15) is 12.8 Å². The van der Waals surface area contributed by atoms with Crippen LogP contribution in [0.4, 0.5) is 0 Å². The molecular weight excluding hydrogens is 200 g/mol. The summed E-state index contributed by atoms with van der Waals surface area (Å²) in [4.78, 5) is 23.6. The number of nitrogens with two attached hydrogens (primary N) is 1. The first-order chi connectivity index (χ1) is 7.11. The Kier molecular flexibility index (Phi) is 4.51. The third-order valence-corrected chi connectivity index (χ3v) is 2.35. The smallest absolute Gasteiger partial charge is 0.320 e. The van der Waals surface area contributed by atoms with Crippen molar-refractivity contribution in [1.82, 2.24) is 4.90 Å². The molecule has 0 aromatic heterocycles. The second-order valence-corrected chi connectivity index (χ2v) is 3.48. The fourth-order valence-electron chi connectivity index (χ4n) is 1.37. The van der Waals surface area contributed by atoms with Crippen molar-refractivity contribution < 1.29 is 19.4 Å². The maximum Gasteiger partial charge on any atom is 0.320 e. The number of hydrogen-bond donors (Lipinski definition) is 2. The molecule has 3 N–H and O–H groups in total. The molecule has 1 fully saturated rings. The van der Waals surface area contributed by atoms with Gasteiger partial charge < -0.3 is 20.5 Å². The van der Waals surface area contributed by atoms with Crippen molar-refractivity contribution in [3.8, 4) is 0 Å². The Morgan fingerprint density at radius 3 is 2.53 bits per heavy atom. The Hall–Kier alpha value is -1.14. The summed E-state index contributed by atoms with van der Waals surface area (Å²) in [5.41, 5.74) is 5.30. The molecule has 0 spiro atoms. The summed E-state index contributed by atoms with van der Waals surface area (Å²) in [5.74, 6) is -1.11. The fourth-order valence-corrected chi connectivity index (χ4v) is 1.37. The molecule has 0 aromatic rings. The summed E-state index contributed by atoms with van der Waals surface area (Å²) in [6.07, 6.45) is 0.374. The molecule has 0 saturated carbocycles. The van der Waals surface area contributed by atoms with E-state index in [0.29, 0.717) is 26.3 Å². The van der Waals surface area contributed by atoms with E-state index in [1.165, 1.54) is 0 Å². The number of rotatable bonds is 4. The number of aliphatic carboxylic acids is 1. The standard InChI is InChI=1S/C9H16N2O4/c10-7(9(13)14)1-2-8(12)11-3-5-15-6-4-11/h7H,1-6,10H2,(H,13,14)/t7-/m0/s1. The molecule has 0 radical (unpaired) electrons. The first-order valence-electron chi connectivity index (χ1n) is 4.95. The van der Waals surface area contributed by atoms with Gasteiger partial charge in [0.15, 0.2) is 0 Å². The molecule has 1 atom stereocenters. The SMILES string of the molecule is N[C@@H](CCC(=O)N1CCOCC1)C(=O)O. The molecule has 0 unspecified atom stereocenters. The molecule has 0 aliphatic carbocycles. The number of carbonyl (C=O) groups excluding carboxylic acids is 1. The van der Waals surface area contributed by atoms with Gasteiger partial charge in [-0.15, -0.1) is 0 Å². The number of nitrogens with zero attached hydrogens (tertiary/aromatic N) is 1. The second-order valence-electron chi connectivity index (χ2n) is 3.48. The van der Waals surface area contributed by atoms with Gasteiger partial charge in [-0.1, -0.05) is 0 Å². The van der Waals surface area contributed by atoms with Crippen molar-refractivity contribution in [3.05, 3.63) is 0 Å². The number of carboxylic acid groups (broad SMARTS) is 1. The lowest BCUT2D eigenvalue weighted by Crippen LogP contribution is -2.41. The maximum absolute atomic E-state index is 11.5. The first-order valence-corrected chi connectivity index (χ1v) is 4.95. The van der Waals surface area contributed by atoms with E-state index >= 15 is 0 Å². The topological polar surface area (TPSA) is 92.9 Å². The van der Waals surface area contributed by atoms with Crippen molar-refractivity contribution in [2.75, 3.05) is 26.3 Å². The number of carboxylic acids is 1. The van der Waals surface area contributed by atoms with E-state index in [1.54, 1.807) is 4.90 Å². The van der Waals surface area contributed by atoms with Crippen molar-refractivity contribution in [2.45, 2.75) is 18.9 Å². The zero-order chi connectivity index (χ0) is 11.3. The molecule has 1 aliphatic heterocycles. The van der Waals surface area contributed by atoms with E-state index in [1.807, 2.05) is 0 Å². The molecule has 86 valence electrons. The summed E-state index contributed by atoms with van der Waals surface area (Å²) in [7, 11) is 0. The van der Waals surface area contributed by atoms with Crippen LogP contribution in [0.5, 0.6) is 0 Å². The number of amides is 1. The van der Waals surface area contributed by atoms with Crippen LogP contribution in [-0.4, -0.2) is 54.2 Å². The average molecular weight is 216 g/mol. The molecule has 1 amide bonds. The summed E-state index contributed by atoms with van der Waals surface area (Å²) < 4.78 is 5.10. The van der Waals surface area contributed by atoms with Gasteiger partial charge in [-0.3, -0.25) is 9.59 Å². The third kappa shape index (κ3) is 3.85. The van der Waals surface area contributed by atoms with E-state index in [-0.39, 0.29) is 18.7 Å². The minimum Gasteiger partial charge on any atom is -0.480 e. The Bertz CT molecular complexity index is 238. The molecule has 15 heavy (non-hydrogen) atoms. The number of carbonyl (C=O) groups is 2. The first kappa shape index (κ1) is 11.9. The van der Waals surface area contributed by atoms with Crippen LogP contribution in [0.2, 0.25) is 0 Å².